The first-order valence-corrected chi connectivity index (χ1v) is 7.75. The average molecular weight is 275 g/mol. The number of hydrogen-bond donors (Lipinski definition) is 1. The van der Waals surface area contributed by atoms with Crippen molar-refractivity contribution < 1.29 is 0 Å². The van der Waals surface area contributed by atoms with Crippen molar-refractivity contribution in [1.29, 1.82) is 0 Å². The van der Waals surface area contributed by atoms with Gasteiger partial charge in [0.1, 0.15) is 5.82 Å². The van der Waals surface area contributed by atoms with Crippen LogP contribution in [0.2, 0.25) is 0 Å². The lowest BCUT2D eigenvalue weighted by Crippen LogP contribution is -2.25. The summed E-state index contributed by atoms with van der Waals surface area (Å²) in [6, 6.07) is 5.69. The molecule has 0 saturated heterocycles. The Kier molecular flexibility index (Phi) is 4.38. The van der Waals surface area contributed by atoms with Crippen LogP contribution in [0, 0.1) is 0 Å². The Morgan fingerprint density at radius 3 is 2.45 bits per heavy atom. The second-order valence-electron chi connectivity index (χ2n) is 7.35. The highest BCUT2D eigenvalue weighted by Crippen LogP contribution is 2.31. The van der Waals surface area contributed by atoms with Crippen LogP contribution in [-0.4, -0.2) is 24.1 Å². The van der Waals surface area contributed by atoms with Gasteiger partial charge in [-0.15, -0.1) is 0 Å². The van der Waals surface area contributed by atoms with Crippen molar-refractivity contribution in [2.75, 3.05) is 11.9 Å². The van der Waals surface area contributed by atoms with Crippen LogP contribution in [-0.2, 0) is 12.0 Å². The monoisotopic (exact) mass is 275 g/mol. The van der Waals surface area contributed by atoms with Gasteiger partial charge in [-0.1, -0.05) is 34.6 Å². The van der Waals surface area contributed by atoms with E-state index in [2.05, 4.69) is 64.0 Å². The van der Waals surface area contributed by atoms with Gasteiger partial charge in [0.25, 0.3) is 0 Å². The minimum atomic E-state index is 0.0903. The quantitative estimate of drug-likeness (QED) is 0.892. The summed E-state index contributed by atoms with van der Waals surface area (Å²) in [5, 5.41) is 3.51. The van der Waals surface area contributed by atoms with Gasteiger partial charge in [0, 0.05) is 36.8 Å². The lowest BCUT2D eigenvalue weighted by Gasteiger charge is -2.24. The Labute approximate surface area is 123 Å². The third kappa shape index (κ3) is 3.95. The Morgan fingerprint density at radius 1 is 1.30 bits per heavy atom. The minimum absolute atomic E-state index is 0.0903. The highest BCUT2D eigenvalue weighted by Gasteiger charge is 2.28. The number of pyridine rings is 1. The van der Waals surface area contributed by atoms with E-state index in [0.29, 0.717) is 12.1 Å². The van der Waals surface area contributed by atoms with E-state index in [1.165, 1.54) is 24.1 Å². The molecule has 1 fully saturated rings. The van der Waals surface area contributed by atoms with E-state index in [1.807, 2.05) is 0 Å². The smallest absolute Gasteiger partial charge is 0.129 e. The second kappa shape index (κ2) is 5.72. The van der Waals surface area contributed by atoms with E-state index in [4.69, 9.17) is 4.98 Å². The summed E-state index contributed by atoms with van der Waals surface area (Å²) in [6.45, 7) is 12.0. The number of aromatic nitrogens is 1. The predicted octanol–water partition coefficient (Wildman–Crippen LogP) is 3.48. The van der Waals surface area contributed by atoms with Gasteiger partial charge in [0.05, 0.1) is 0 Å². The molecule has 1 aliphatic carbocycles. The summed E-state index contributed by atoms with van der Waals surface area (Å²) in [5.41, 5.74) is 2.61. The Balaban J connectivity index is 2.28. The summed E-state index contributed by atoms with van der Waals surface area (Å²) in [7, 11) is 2.17. The highest BCUT2D eigenvalue weighted by atomic mass is 15.2. The molecule has 3 nitrogen and oxygen atoms in total. The number of nitrogens with one attached hydrogen (secondary N) is 1. The van der Waals surface area contributed by atoms with E-state index in [-0.39, 0.29) is 5.41 Å². The summed E-state index contributed by atoms with van der Waals surface area (Å²) in [6.07, 6.45) is 2.61. The molecule has 1 saturated carbocycles. The molecular formula is C17H29N3. The van der Waals surface area contributed by atoms with Crippen LogP contribution in [0.25, 0.3) is 0 Å². The SMILES string of the molecule is CC(C)NCc1cc(N(C)C2CC2)nc(C(C)(C)C)c1. The standard InChI is InChI=1S/C17H29N3/c1-12(2)18-11-13-9-15(17(3,4)5)19-16(10-13)20(6)14-7-8-14/h9-10,12,14,18H,7-8,11H2,1-6H3. The maximum absolute atomic E-state index is 4.89. The normalized spacial score (nSPS) is 15.8. The molecule has 1 aromatic heterocycles. The average Bonchev–Trinajstić information content (AvgIpc) is 3.18. The van der Waals surface area contributed by atoms with E-state index in [1.54, 1.807) is 0 Å². The van der Waals surface area contributed by atoms with Crippen molar-refractivity contribution in [3.63, 3.8) is 0 Å². The molecule has 0 aromatic carbocycles. The highest BCUT2D eigenvalue weighted by molar-refractivity contribution is 5.45. The third-order valence-electron chi connectivity index (χ3n) is 3.81. The first-order valence-electron chi connectivity index (χ1n) is 7.75. The van der Waals surface area contributed by atoms with Crippen molar-refractivity contribution >= 4 is 5.82 Å². The molecule has 0 radical (unpaired) electrons. The fraction of sp³-hybridized carbons (Fsp3) is 0.706. The summed E-state index contributed by atoms with van der Waals surface area (Å²) >= 11 is 0. The molecule has 0 spiro atoms. The Bertz CT molecular complexity index is 456. The molecule has 112 valence electrons. The molecule has 0 unspecified atom stereocenters. The predicted molar refractivity (Wildman–Crippen MR) is 86.3 cm³/mol. The zero-order chi connectivity index (χ0) is 14.9. The zero-order valence-electron chi connectivity index (χ0n) is 13.8. The van der Waals surface area contributed by atoms with Crippen molar-refractivity contribution in [1.82, 2.24) is 10.3 Å². The summed E-state index contributed by atoms with van der Waals surface area (Å²) in [5.74, 6) is 1.13. The van der Waals surface area contributed by atoms with Gasteiger partial charge < -0.3 is 10.2 Å². The van der Waals surface area contributed by atoms with Crippen LogP contribution in [0.4, 0.5) is 5.82 Å². The molecule has 20 heavy (non-hydrogen) atoms. The maximum Gasteiger partial charge on any atom is 0.129 e. The fourth-order valence-corrected chi connectivity index (χ4v) is 2.21. The van der Waals surface area contributed by atoms with Gasteiger partial charge in [-0.2, -0.15) is 0 Å². The molecule has 1 N–H and O–H groups in total. The lowest BCUT2D eigenvalue weighted by molar-refractivity contribution is 0.560. The van der Waals surface area contributed by atoms with Gasteiger partial charge in [0.2, 0.25) is 0 Å². The van der Waals surface area contributed by atoms with Gasteiger partial charge in [-0.3, -0.25) is 0 Å². The lowest BCUT2D eigenvalue weighted by atomic mass is 9.90. The van der Waals surface area contributed by atoms with Gasteiger partial charge in [-0.25, -0.2) is 4.98 Å². The van der Waals surface area contributed by atoms with Gasteiger partial charge in [0.15, 0.2) is 0 Å². The summed E-state index contributed by atoms with van der Waals surface area (Å²) < 4.78 is 0. The Hall–Kier alpha value is -1.09. The number of rotatable bonds is 5. The Morgan fingerprint density at radius 2 is 1.95 bits per heavy atom. The number of anilines is 1. The fourth-order valence-electron chi connectivity index (χ4n) is 2.21. The van der Waals surface area contributed by atoms with Crippen LogP contribution in [0.15, 0.2) is 12.1 Å². The van der Waals surface area contributed by atoms with Crippen LogP contribution < -0.4 is 10.2 Å². The third-order valence-corrected chi connectivity index (χ3v) is 3.81. The zero-order valence-corrected chi connectivity index (χ0v) is 13.8. The maximum atomic E-state index is 4.89. The molecular weight excluding hydrogens is 246 g/mol. The van der Waals surface area contributed by atoms with Crippen molar-refractivity contribution in [2.24, 2.45) is 0 Å². The second-order valence-corrected chi connectivity index (χ2v) is 7.35. The molecule has 1 aliphatic rings. The molecule has 0 aliphatic heterocycles. The molecule has 3 heteroatoms. The van der Waals surface area contributed by atoms with Crippen molar-refractivity contribution in [3.05, 3.63) is 23.4 Å². The van der Waals surface area contributed by atoms with Crippen molar-refractivity contribution in [3.8, 4) is 0 Å². The van der Waals surface area contributed by atoms with Gasteiger partial charge >= 0.3 is 0 Å². The van der Waals surface area contributed by atoms with Gasteiger partial charge in [-0.05, 0) is 30.5 Å². The van der Waals surface area contributed by atoms with E-state index in [9.17, 15) is 0 Å². The van der Waals surface area contributed by atoms with E-state index in [0.717, 1.165) is 12.4 Å². The van der Waals surface area contributed by atoms with E-state index < -0.39 is 0 Å². The molecule has 0 bridgehead atoms. The van der Waals surface area contributed by atoms with Crippen molar-refractivity contribution in [2.45, 2.75) is 71.5 Å². The first kappa shape index (κ1) is 15.3. The summed E-state index contributed by atoms with van der Waals surface area (Å²) in [4.78, 5) is 7.23. The molecule has 0 atom stereocenters. The largest absolute Gasteiger partial charge is 0.357 e. The number of hydrogen-bond acceptors (Lipinski definition) is 3. The molecule has 0 amide bonds. The molecule has 1 aromatic rings. The molecule has 2 rings (SSSR count). The minimum Gasteiger partial charge on any atom is -0.357 e. The van der Waals surface area contributed by atoms with Crippen LogP contribution in [0.5, 0.6) is 0 Å². The topological polar surface area (TPSA) is 28.2 Å². The number of nitrogens with zero attached hydrogens (tertiary/aromatic N) is 2. The van der Waals surface area contributed by atoms with Crippen LogP contribution >= 0.6 is 0 Å². The van der Waals surface area contributed by atoms with E-state index >= 15 is 0 Å². The van der Waals surface area contributed by atoms with Crippen LogP contribution in [0.3, 0.4) is 0 Å². The molecule has 1 heterocycles. The first-order chi connectivity index (χ1) is 9.27. The van der Waals surface area contributed by atoms with Crippen LogP contribution in [0.1, 0.15) is 58.7 Å².